The Morgan fingerprint density at radius 2 is 2.00 bits per heavy atom. The Morgan fingerprint density at radius 3 is 2.46 bits per heavy atom. The number of hydrogen-bond donors (Lipinski definition) is 4. The van der Waals surface area contributed by atoms with Crippen molar-refractivity contribution in [2.24, 2.45) is 17.2 Å². The molecule has 0 aliphatic rings. The fourth-order valence-corrected chi connectivity index (χ4v) is 0.909. The average Bonchev–Trinajstić information content (AvgIpc) is 2.04. The van der Waals surface area contributed by atoms with Crippen molar-refractivity contribution >= 4 is 5.91 Å². The molecule has 0 atom stereocenters. The van der Waals surface area contributed by atoms with Gasteiger partial charge in [0.1, 0.15) is 0 Å². The second-order valence-corrected chi connectivity index (χ2v) is 3.25. The van der Waals surface area contributed by atoms with E-state index < -0.39 is 5.79 Å². The van der Waals surface area contributed by atoms with Crippen LogP contribution in [-0.2, 0) is 4.79 Å². The fraction of sp³-hybridized carbons (Fsp3) is 0.875. The topological polar surface area (TPSA) is 107 Å². The van der Waals surface area contributed by atoms with E-state index in [1.807, 2.05) is 0 Å². The summed E-state index contributed by atoms with van der Waals surface area (Å²) in [5.74, 6) is -1.40. The first-order chi connectivity index (χ1) is 6.02. The van der Waals surface area contributed by atoms with Gasteiger partial charge in [0.25, 0.3) is 0 Å². The number of amides is 1. The number of carbonyl (C=O) groups is 1. The fourth-order valence-electron chi connectivity index (χ4n) is 0.909. The molecule has 0 aromatic rings. The van der Waals surface area contributed by atoms with Crippen LogP contribution >= 0.6 is 0 Å². The smallest absolute Gasteiger partial charge is 0.222 e. The Balaban J connectivity index is 3.62. The molecule has 0 bridgehead atoms. The standard InChI is InChI=1S/C8H20N4O/c1-2-3-4-5-7(13)12-8(10,11)6-9/h2-6,9-11H2,1H3,(H,12,13). The van der Waals surface area contributed by atoms with Crippen molar-refractivity contribution in [2.75, 3.05) is 6.54 Å². The monoisotopic (exact) mass is 188 g/mol. The van der Waals surface area contributed by atoms with Gasteiger partial charge in [0.15, 0.2) is 5.79 Å². The second kappa shape index (κ2) is 5.90. The maximum atomic E-state index is 11.2. The van der Waals surface area contributed by atoms with Crippen LogP contribution < -0.4 is 22.5 Å². The highest BCUT2D eigenvalue weighted by Crippen LogP contribution is 1.98. The minimum absolute atomic E-state index is 0.0342. The van der Waals surface area contributed by atoms with E-state index in [0.29, 0.717) is 6.42 Å². The van der Waals surface area contributed by atoms with Crippen molar-refractivity contribution in [3.8, 4) is 0 Å². The van der Waals surface area contributed by atoms with E-state index in [0.717, 1.165) is 19.3 Å². The van der Waals surface area contributed by atoms with Crippen LogP contribution in [0.5, 0.6) is 0 Å². The van der Waals surface area contributed by atoms with Crippen molar-refractivity contribution in [1.82, 2.24) is 5.32 Å². The van der Waals surface area contributed by atoms with Gasteiger partial charge in [-0.3, -0.25) is 16.3 Å². The van der Waals surface area contributed by atoms with Crippen LogP contribution in [0.2, 0.25) is 0 Å². The summed E-state index contributed by atoms with van der Waals surface area (Å²) >= 11 is 0. The average molecular weight is 188 g/mol. The highest BCUT2D eigenvalue weighted by molar-refractivity contribution is 5.76. The summed E-state index contributed by atoms with van der Waals surface area (Å²) in [5.41, 5.74) is 16.1. The predicted molar refractivity (Wildman–Crippen MR) is 52.4 cm³/mol. The van der Waals surface area contributed by atoms with Gasteiger partial charge in [-0.1, -0.05) is 19.8 Å². The molecular formula is C8H20N4O. The van der Waals surface area contributed by atoms with Crippen LogP contribution in [0.15, 0.2) is 0 Å². The van der Waals surface area contributed by atoms with Crippen LogP contribution in [0, 0.1) is 0 Å². The van der Waals surface area contributed by atoms with Gasteiger partial charge in [0.05, 0.1) is 0 Å². The van der Waals surface area contributed by atoms with Crippen molar-refractivity contribution in [3.05, 3.63) is 0 Å². The summed E-state index contributed by atoms with van der Waals surface area (Å²) in [7, 11) is 0. The Labute approximate surface area is 79.0 Å². The van der Waals surface area contributed by atoms with Crippen LogP contribution in [0.1, 0.15) is 32.6 Å². The normalized spacial score (nSPS) is 11.4. The summed E-state index contributed by atoms with van der Waals surface area (Å²) in [6, 6.07) is 0. The lowest BCUT2D eigenvalue weighted by molar-refractivity contribution is -0.122. The highest BCUT2D eigenvalue weighted by Gasteiger charge is 2.18. The summed E-state index contributed by atoms with van der Waals surface area (Å²) in [6.07, 6.45) is 3.45. The zero-order valence-electron chi connectivity index (χ0n) is 8.18. The molecule has 0 aromatic heterocycles. The number of carbonyl (C=O) groups excluding carboxylic acids is 1. The van der Waals surface area contributed by atoms with Gasteiger partial charge in [-0.25, -0.2) is 0 Å². The molecule has 0 rings (SSSR count). The predicted octanol–water partition coefficient (Wildman–Crippen LogP) is -0.787. The van der Waals surface area contributed by atoms with Crippen LogP contribution in [0.4, 0.5) is 0 Å². The van der Waals surface area contributed by atoms with E-state index in [9.17, 15) is 4.79 Å². The number of rotatable bonds is 6. The summed E-state index contributed by atoms with van der Waals surface area (Å²) in [5, 5.41) is 2.46. The third-order valence-corrected chi connectivity index (χ3v) is 1.72. The first-order valence-electron chi connectivity index (χ1n) is 4.60. The quantitative estimate of drug-likeness (QED) is 0.324. The lowest BCUT2D eigenvalue weighted by Gasteiger charge is -2.23. The number of unbranched alkanes of at least 4 members (excludes halogenated alkanes) is 2. The lowest BCUT2D eigenvalue weighted by atomic mass is 10.2. The van der Waals surface area contributed by atoms with E-state index >= 15 is 0 Å². The van der Waals surface area contributed by atoms with E-state index in [2.05, 4.69) is 12.2 Å². The van der Waals surface area contributed by atoms with Gasteiger partial charge < -0.3 is 11.1 Å². The third kappa shape index (κ3) is 6.51. The van der Waals surface area contributed by atoms with Gasteiger partial charge in [-0.15, -0.1) is 0 Å². The summed E-state index contributed by atoms with van der Waals surface area (Å²) < 4.78 is 0. The molecule has 0 aliphatic heterocycles. The van der Waals surface area contributed by atoms with E-state index in [1.165, 1.54) is 0 Å². The molecule has 0 spiro atoms. The van der Waals surface area contributed by atoms with Crippen LogP contribution in [0.3, 0.4) is 0 Å². The molecule has 0 unspecified atom stereocenters. The SMILES string of the molecule is CCCCCC(=O)NC(N)(N)CN. The van der Waals surface area contributed by atoms with Gasteiger partial charge in [-0.2, -0.15) is 0 Å². The lowest BCUT2D eigenvalue weighted by Crippen LogP contribution is -2.67. The Kier molecular flexibility index (Phi) is 5.61. The van der Waals surface area contributed by atoms with Crippen molar-refractivity contribution in [1.29, 1.82) is 0 Å². The molecule has 13 heavy (non-hydrogen) atoms. The maximum Gasteiger partial charge on any atom is 0.222 e. The molecule has 0 saturated heterocycles. The Hall–Kier alpha value is -0.650. The zero-order chi connectivity index (χ0) is 10.3. The van der Waals surface area contributed by atoms with Crippen molar-refractivity contribution in [3.63, 3.8) is 0 Å². The molecule has 0 aromatic carbocycles. The second-order valence-electron chi connectivity index (χ2n) is 3.25. The van der Waals surface area contributed by atoms with E-state index in [-0.39, 0.29) is 12.5 Å². The third-order valence-electron chi connectivity index (χ3n) is 1.72. The number of nitrogens with one attached hydrogen (secondary N) is 1. The molecule has 5 nitrogen and oxygen atoms in total. The van der Waals surface area contributed by atoms with Crippen molar-refractivity contribution < 1.29 is 4.79 Å². The minimum Gasteiger partial charge on any atom is -0.326 e. The molecule has 5 heteroatoms. The Bertz CT molecular complexity index is 158. The first kappa shape index (κ1) is 12.3. The molecule has 0 heterocycles. The molecule has 0 radical (unpaired) electrons. The largest absolute Gasteiger partial charge is 0.326 e. The highest BCUT2D eigenvalue weighted by atomic mass is 16.1. The zero-order valence-corrected chi connectivity index (χ0v) is 8.18. The van der Waals surface area contributed by atoms with Gasteiger partial charge >= 0.3 is 0 Å². The molecule has 78 valence electrons. The van der Waals surface area contributed by atoms with E-state index in [4.69, 9.17) is 17.2 Å². The molecule has 0 aliphatic carbocycles. The van der Waals surface area contributed by atoms with Crippen molar-refractivity contribution in [2.45, 2.75) is 38.4 Å². The molecule has 0 saturated carbocycles. The number of hydrogen-bond acceptors (Lipinski definition) is 4. The maximum absolute atomic E-state index is 11.2. The number of nitrogens with two attached hydrogens (primary N) is 3. The van der Waals surface area contributed by atoms with E-state index in [1.54, 1.807) is 0 Å². The van der Waals surface area contributed by atoms with Crippen LogP contribution in [-0.4, -0.2) is 18.2 Å². The molecular weight excluding hydrogens is 168 g/mol. The summed E-state index contributed by atoms with van der Waals surface area (Å²) in [4.78, 5) is 11.2. The van der Waals surface area contributed by atoms with Gasteiger partial charge in [0.2, 0.25) is 5.91 Å². The van der Waals surface area contributed by atoms with Gasteiger partial charge in [0, 0.05) is 13.0 Å². The van der Waals surface area contributed by atoms with Gasteiger partial charge in [-0.05, 0) is 6.42 Å². The first-order valence-corrected chi connectivity index (χ1v) is 4.60. The molecule has 1 amide bonds. The molecule has 7 N–H and O–H groups in total. The van der Waals surface area contributed by atoms with Crippen LogP contribution in [0.25, 0.3) is 0 Å². The summed E-state index contributed by atoms with van der Waals surface area (Å²) in [6.45, 7) is 2.11. The minimum atomic E-state index is -1.26. The molecule has 0 fully saturated rings. The Morgan fingerprint density at radius 1 is 1.38 bits per heavy atom.